The smallest absolute Gasteiger partial charge is 0.258 e. The summed E-state index contributed by atoms with van der Waals surface area (Å²) in [6.07, 6.45) is 1.05. The molecule has 7 heteroatoms. The summed E-state index contributed by atoms with van der Waals surface area (Å²) in [4.78, 5) is 15.3. The highest BCUT2D eigenvalue weighted by Gasteiger charge is 2.26. The Labute approximate surface area is 125 Å². The van der Waals surface area contributed by atoms with Gasteiger partial charge < -0.3 is 0 Å². The van der Waals surface area contributed by atoms with Crippen molar-refractivity contribution >= 4 is 21.6 Å². The zero-order valence-corrected chi connectivity index (χ0v) is 13.1. The monoisotopic (exact) mass is 338 g/mol. The van der Waals surface area contributed by atoms with Crippen LogP contribution in [0.3, 0.4) is 0 Å². The molecule has 2 aromatic heterocycles. The minimum atomic E-state index is -0.354. The largest absolute Gasteiger partial charge is 0.313 e. The molecule has 0 bridgehead atoms. The van der Waals surface area contributed by atoms with E-state index in [9.17, 15) is 10.1 Å². The Hall–Kier alpha value is -1.76. The lowest BCUT2D eigenvalue weighted by Crippen LogP contribution is -2.05. The van der Waals surface area contributed by atoms with Gasteiger partial charge in [-0.25, -0.2) is 9.67 Å². The average molecular weight is 339 g/mol. The van der Waals surface area contributed by atoms with Crippen molar-refractivity contribution in [3.05, 3.63) is 43.8 Å². The van der Waals surface area contributed by atoms with Gasteiger partial charge in [0.1, 0.15) is 11.4 Å². The summed E-state index contributed by atoms with van der Waals surface area (Å²) in [5.41, 5.74) is 2.01. The van der Waals surface area contributed by atoms with Crippen molar-refractivity contribution in [3.63, 3.8) is 0 Å². The van der Waals surface area contributed by atoms with Crippen molar-refractivity contribution in [1.29, 1.82) is 0 Å². The fraction of sp³-hybridized carbons (Fsp3) is 0.385. The zero-order valence-electron chi connectivity index (χ0n) is 11.6. The number of aromatic nitrogens is 3. The van der Waals surface area contributed by atoms with Crippen LogP contribution in [0, 0.1) is 17.0 Å². The van der Waals surface area contributed by atoms with Gasteiger partial charge in [0, 0.05) is 4.47 Å². The Bertz CT molecular complexity index is 667. The number of hydrogen-bond donors (Lipinski definition) is 0. The van der Waals surface area contributed by atoms with E-state index in [4.69, 9.17) is 0 Å². The van der Waals surface area contributed by atoms with Crippen LogP contribution in [-0.2, 0) is 12.8 Å². The summed E-state index contributed by atoms with van der Waals surface area (Å²) < 4.78 is 2.48. The summed E-state index contributed by atoms with van der Waals surface area (Å²) in [5.74, 6) is 0.602. The molecule has 0 N–H and O–H groups in total. The van der Waals surface area contributed by atoms with Crippen molar-refractivity contribution in [3.8, 4) is 5.82 Å². The summed E-state index contributed by atoms with van der Waals surface area (Å²) in [6.45, 7) is 5.61. The van der Waals surface area contributed by atoms with E-state index in [2.05, 4.69) is 26.0 Å². The van der Waals surface area contributed by atoms with Crippen LogP contribution in [-0.4, -0.2) is 19.7 Å². The summed E-state index contributed by atoms with van der Waals surface area (Å²) >= 11 is 3.39. The maximum atomic E-state index is 11.3. The number of nitro groups is 1. The molecule has 0 spiro atoms. The quantitative estimate of drug-likeness (QED) is 0.632. The van der Waals surface area contributed by atoms with Crippen LogP contribution in [0.25, 0.3) is 5.82 Å². The lowest BCUT2D eigenvalue weighted by Gasteiger charge is -2.06. The fourth-order valence-corrected chi connectivity index (χ4v) is 2.32. The summed E-state index contributed by atoms with van der Waals surface area (Å²) in [5, 5.41) is 15.6. The van der Waals surface area contributed by atoms with Crippen LogP contribution < -0.4 is 0 Å². The van der Waals surface area contributed by atoms with E-state index in [1.54, 1.807) is 10.7 Å². The minimum Gasteiger partial charge on any atom is -0.258 e. The molecule has 0 saturated carbocycles. The molecule has 2 rings (SSSR count). The first-order valence-corrected chi connectivity index (χ1v) is 7.17. The molecule has 2 heterocycles. The second-order valence-corrected chi connectivity index (χ2v) is 5.21. The van der Waals surface area contributed by atoms with Gasteiger partial charge in [0.15, 0.2) is 5.82 Å². The molecular formula is C13H15BrN4O2. The molecule has 0 radical (unpaired) electrons. The minimum absolute atomic E-state index is 0.109. The molecule has 20 heavy (non-hydrogen) atoms. The first-order chi connectivity index (χ1) is 9.49. The molecule has 0 amide bonds. The van der Waals surface area contributed by atoms with E-state index in [1.807, 2.05) is 26.8 Å². The number of halogens is 1. The van der Waals surface area contributed by atoms with E-state index in [-0.39, 0.29) is 10.6 Å². The Morgan fingerprint density at radius 1 is 1.35 bits per heavy atom. The lowest BCUT2D eigenvalue weighted by molar-refractivity contribution is -0.386. The molecule has 6 nitrogen and oxygen atoms in total. The van der Waals surface area contributed by atoms with E-state index in [0.717, 1.165) is 10.2 Å². The first-order valence-electron chi connectivity index (χ1n) is 6.38. The third-order valence-corrected chi connectivity index (χ3v) is 3.94. The standard InChI is InChI=1S/C13H15BrN4O2/c1-4-10-13(18(19)20)11(5-2)17(16-10)12-7-6-9(14)8(3)15-12/h6-7H,4-5H2,1-3H3. The van der Waals surface area contributed by atoms with Crippen LogP contribution in [0.5, 0.6) is 0 Å². The lowest BCUT2D eigenvalue weighted by atomic mass is 10.2. The van der Waals surface area contributed by atoms with Crippen LogP contribution in [0.2, 0.25) is 0 Å². The van der Waals surface area contributed by atoms with Crippen LogP contribution in [0.4, 0.5) is 5.69 Å². The molecule has 0 aliphatic rings. The highest BCUT2D eigenvalue weighted by atomic mass is 79.9. The fourth-order valence-electron chi connectivity index (χ4n) is 2.10. The highest BCUT2D eigenvalue weighted by Crippen LogP contribution is 2.27. The number of nitrogens with zero attached hydrogens (tertiary/aromatic N) is 4. The highest BCUT2D eigenvalue weighted by molar-refractivity contribution is 9.10. The predicted molar refractivity (Wildman–Crippen MR) is 79.2 cm³/mol. The summed E-state index contributed by atoms with van der Waals surface area (Å²) in [6, 6.07) is 3.67. The first kappa shape index (κ1) is 14.6. The molecule has 0 fully saturated rings. The van der Waals surface area contributed by atoms with Crippen LogP contribution in [0.1, 0.15) is 30.9 Å². The van der Waals surface area contributed by atoms with Crippen molar-refractivity contribution in [2.75, 3.05) is 0 Å². The molecule has 0 aliphatic carbocycles. The number of rotatable bonds is 4. The second kappa shape index (κ2) is 5.70. The maximum absolute atomic E-state index is 11.3. The van der Waals surface area contributed by atoms with Gasteiger partial charge in [0.25, 0.3) is 0 Å². The third-order valence-electron chi connectivity index (χ3n) is 3.10. The molecule has 0 atom stereocenters. The number of hydrogen-bond acceptors (Lipinski definition) is 4. The van der Waals surface area contributed by atoms with E-state index in [1.165, 1.54) is 0 Å². The van der Waals surface area contributed by atoms with Gasteiger partial charge in [-0.2, -0.15) is 5.10 Å². The van der Waals surface area contributed by atoms with E-state index >= 15 is 0 Å². The Balaban J connectivity index is 2.67. The molecule has 2 aromatic rings. The van der Waals surface area contributed by atoms with E-state index < -0.39 is 0 Å². The van der Waals surface area contributed by atoms with Gasteiger partial charge in [-0.05, 0) is 47.8 Å². The van der Waals surface area contributed by atoms with E-state index in [0.29, 0.717) is 30.0 Å². The van der Waals surface area contributed by atoms with Crippen LogP contribution >= 0.6 is 15.9 Å². The van der Waals surface area contributed by atoms with Crippen molar-refractivity contribution in [1.82, 2.24) is 14.8 Å². The van der Waals surface area contributed by atoms with Gasteiger partial charge >= 0.3 is 5.69 Å². The van der Waals surface area contributed by atoms with Gasteiger partial charge in [0.2, 0.25) is 0 Å². The molecule has 0 unspecified atom stereocenters. The second-order valence-electron chi connectivity index (χ2n) is 4.35. The van der Waals surface area contributed by atoms with Gasteiger partial charge in [0.05, 0.1) is 10.6 Å². The molecule has 106 valence electrons. The maximum Gasteiger partial charge on any atom is 0.313 e. The molecule has 0 aromatic carbocycles. The topological polar surface area (TPSA) is 73.8 Å². The molecule has 0 saturated heterocycles. The number of pyridine rings is 1. The Morgan fingerprint density at radius 3 is 2.55 bits per heavy atom. The third kappa shape index (κ3) is 2.45. The Kier molecular flexibility index (Phi) is 4.17. The van der Waals surface area contributed by atoms with Crippen molar-refractivity contribution in [2.24, 2.45) is 0 Å². The zero-order chi connectivity index (χ0) is 14.9. The van der Waals surface area contributed by atoms with Gasteiger partial charge in [-0.1, -0.05) is 13.8 Å². The molecule has 0 aliphatic heterocycles. The normalized spacial score (nSPS) is 10.8. The van der Waals surface area contributed by atoms with Gasteiger partial charge in [-0.3, -0.25) is 10.1 Å². The average Bonchev–Trinajstić information content (AvgIpc) is 2.80. The predicted octanol–water partition coefficient (Wildman–Crippen LogP) is 3.37. The van der Waals surface area contributed by atoms with Gasteiger partial charge in [-0.15, -0.1) is 0 Å². The Morgan fingerprint density at radius 2 is 2.05 bits per heavy atom. The van der Waals surface area contributed by atoms with Crippen molar-refractivity contribution in [2.45, 2.75) is 33.6 Å². The number of aryl methyl sites for hydroxylation is 2. The van der Waals surface area contributed by atoms with Crippen LogP contribution in [0.15, 0.2) is 16.6 Å². The summed E-state index contributed by atoms with van der Waals surface area (Å²) in [7, 11) is 0. The SMILES string of the molecule is CCc1nn(-c2ccc(Br)c(C)n2)c(CC)c1[N+](=O)[O-]. The molecular weight excluding hydrogens is 324 g/mol. The van der Waals surface area contributed by atoms with Crippen molar-refractivity contribution < 1.29 is 4.92 Å².